The Bertz CT molecular complexity index is 1240. The van der Waals surface area contributed by atoms with Crippen LogP contribution in [0.4, 0.5) is 5.82 Å². The number of guanidine groups is 2. The van der Waals surface area contributed by atoms with Crippen molar-refractivity contribution in [1.82, 2.24) is 25.9 Å². The number of benzene rings is 2. The lowest BCUT2D eigenvalue weighted by molar-refractivity contribution is 0.0970. The lowest BCUT2D eigenvalue weighted by Gasteiger charge is -2.13. The van der Waals surface area contributed by atoms with E-state index in [1.165, 1.54) is 11.8 Å². The number of aryl methyl sites for hydroxylation is 1. The lowest BCUT2D eigenvalue weighted by Crippen LogP contribution is -2.40. The van der Waals surface area contributed by atoms with Gasteiger partial charge in [-0.2, -0.15) is 0 Å². The maximum atomic E-state index is 12.1. The molecule has 0 aliphatic rings. The highest BCUT2D eigenvalue weighted by molar-refractivity contribution is 6.31. The molecular formula is C24H30ClN9O2. The topological polar surface area (TPSA) is 188 Å². The van der Waals surface area contributed by atoms with E-state index in [1.807, 2.05) is 24.3 Å². The third kappa shape index (κ3) is 7.70. The van der Waals surface area contributed by atoms with Gasteiger partial charge in [-0.05, 0) is 42.7 Å². The van der Waals surface area contributed by atoms with E-state index in [9.17, 15) is 4.79 Å². The van der Waals surface area contributed by atoms with Gasteiger partial charge < -0.3 is 26.8 Å². The minimum absolute atomic E-state index is 0.0206. The highest BCUT2D eigenvalue weighted by Crippen LogP contribution is 2.29. The van der Waals surface area contributed by atoms with Crippen LogP contribution in [0.2, 0.25) is 5.15 Å². The molecule has 3 aromatic rings. The number of carbonyl (C=O) groups excluding carboxylic acids is 1. The van der Waals surface area contributed by atoms with Crippen LogP contribution >= 0.6 is 11.6 Å². The number of amides is 1. The van der Waals surface area contributed by atoms with Crippen LogP contribution in [-0.4, -0.2) is 47.5 Å². The van der Waals surface area contributed by atoms with Gasteiger partial charge in [-0.3, -0.25) is 20.9 Å². The van der Waals surface area contributed by atoms with Crippen molar-refractivity contribution in [3.63, 3.8) is 0 Å². The molecule has 190 valence electrons. The molecule has 3 rings (SSSR count). The number of nitrogens with one attached hydrogen (secondary N) is 5. The fourth-order valence-corrected chi connectivity index (χ4v) is 3.66. The van der Waals surface area contributed by atoms with Gasteiger partial charge in [-0.15, -0.1) is 0 Å². The quantitative estimate of drug-likeness (QED) is 0.116. The molecule has 0 atom stereocenters. The highest BCUT2D eigenvalue weighted by atomic mass is 35.5. The fraction of sp³-hybridized carbons (Fsp3) is 0.292. The Morgan fingerprint density at radius 1 is 1.03 bits per heavy atom. The fourth-order valence-electron chi connectivity index (χ4n) is 3.52. The van der Waals surface area contributed by atoms with Crippen molar-refractivity contribution in [2.45, 2.75) is 25.7 Å². The first-order chi connectivity index (χ1) is 17.3. The standard InChI is InChI=1S/C24H30ClN9O2/c25-20-21(26)32-14-18(33-20)22(35)34-24(29)31-11-4-3-6-15-9-10-19(17-8-2-1-7-16(15)17)36-13-5-12-30-23(27)28/h1-2,7-10,14H,3-6,11-13H2,(H2,26,32)(H4,27,28,30)(H3,29,31,34,35). The molecule has 0 fully saturated rings. The summed E-state index contributed by atoms with van der Waals surface area (Å²) in [6.07, 6.45) is 4.51. The molecule has 1 heterocycles. The number of ether oxygens (including phenoxy) is 1. The van der Waals surface area contributed by atoms with Crippen LogP contribution in [0.25, 0.3) is 10.8 Å². The van der Waals surface area contributed by atoms with Crippen LogP contribution < -0.4 is 32.2 Å². The number of hydrogen-bond acceptors (Lipinski definition) is 7. The molecule has 0 saturated carbocycles. The summed E-state index contributed by atoms with van der Waals surface area (Å²) in [6.45, 7) is 1.64. The second kappa shape index (κ2) is 13.1. The number of halogens is 1. The van der Waals surface area contributed by atoms with E-state index in [1.54, 1.807) is 0 Å². The van der Waals surface area contributed by atoms with Crippen LogP contribution in [0, 0.1) is 10.8 Å². The predicted molar refractivity (Wildman–Crippen MR) is 142 cm³/mol. The van der Waals surface area contributed by atoms with Crippen molar-refractivity contribution in [3.8, 4) is 5.75 Å². The van der Waals surface area contributed by atoms with E-state index in [2.05, 4.69) is 38.1 Å². The highest BCUT2D eigenvalue weighted by Gasteiger charge is 2.12. The Labute approximate surface area is 214 Å². The number of nitrogens with zero attached hydrogens (tertiary/aromatic N) is 2. The zero-order valence-corrected chi connectivity index (χ0v) is 20.5. The first-order valence-electron chi connectivity index (χ1n) is 11.5. The van der Waals surface area contributed by atoms with Crippen LogP contribution in [0.15, 0.2) is 42.6 Å². The Kier molecular flexibility index (Phi) is 9.64. The summed E-state index contributed by atoms with van der Waals surface area (Å²) in [5.41, 5.74) is 12.0. The van der Waals surface area contributed by atoms with Gasteiger partial charge in [0, 0.05) is 18.5 Å². The molecule has 0 aliphatic carbocycles. The van der Waals surface area contributed by atoms with Crippen LogP contribution in [0.3, 0.4) is 0 Å². The number of unbranched alkanes of at least 4 members (excludes halogenated alkanes) is 1. The van der Waals surface area contributed by atoms with Gasteiger partial charge in [-0.25, -0.2) is 9.97 Å². The normalized spacial score (nSPS) is 10.6. The molecule has 0 radical (unpaired) electrons. The Morgan fingerprint density at radius 2 is 1.78 bits per heavy atom. The van der Waals surface area contributed by atoms with Crippen molar-refractivity contribution in [2.24, 2.45) is 5.73 Å². The predicted octanol–water partition coefficient (Wildman–Crippen LogP) is 2.39. The molecule has 11 nitrogen and oxygen atoms in total. The summed E-state index contributed by atoms with van der Waals surface area (Å²) in [7, 11) is 0. The van der Waals surface area contributed by atoms with E-state index in [4.69, 9.17) is 38.6 Å². The molecule has 0 aliphatic heterocycles. The molecule has 0 saturated heterocycles. The maximum Gasteiger partial charge on any atom is 0.278 e. The first-order valence-corrected chi connectivity index (χ1v) is 11.9. The van der Waals surface area contributed by atoms with Gasteiger partial charge in [0.25, 0.3) is 5.91 Å². The number of nitrogen functional groups attached to an aromatic ring is 1. The van der Waals surface area contributed by atoms with Crippen molar-refractivity contribution < 1.29 is 9.53 Å². The van der Waals surface area contributed by atoms with E-state index in [0.29, 0.717) is 19.7 Å². The summed E-state index contributed by atoms with van der Waals surface area (Å²) in [5, 5.41) is 25.3. The van der Waals surface area contributed by atoms with Crippen molar-refractivity contribution in [1.29, 1.82) is 10.8 Å². The molecular weight excluding hydrogens is 482 g/mol. The Hall–Kier alpha value is -4.12. The largest absolute Gasteiger partial charge is 0.493 e. The van der Waals surface area contributed by atoms with E-state index >= 15 is 0 Å². The van der Waals surface area contributed by atoms with Gasteiger partial charge in [0.15, 0.2) is 22.9 Å². The molecule has 1 aromatic heterocycles. The first kappa shape index (κ1) is 26.5. The van der Waals surface area contributed by atoms with Crippen LogP contribution in [-0.2, 0) is 6.42 Å². The van der Waals surface area contributed by atoms with Crippen molar-refractivity contribution in [3.05, 3.63) is 59.0 Å². The number of carbonyl (C=O) groups is 1. The zero-order valence-electron chi connectivity index (χ0n) is 19.7. The molecule has 36 heavy (non-hydrogen) atoms. The summed E-state index contributed by atoms with van der Waals surface area (Å²) in [6, 6.07) is 12.2. The smallest absolute Gasteiger partial charge is 0.278 e. The molecule has 1 amide bonds. The minimum atomic E-state index is -0.592. The van der Waals surface area contributed by atoms with Gasteiger partial charge in [0.2, 0.25) is 0 Å². The van der Waals surface area contributed by atoms with E-state index in [0.717, 1.165) is 42.2 Å². The average Bonchev–Trinajstić information content (AvgIpc) is 2.85. The summed E-state index contributed by atoms with van der Waals surface area (Å²) >= 11 is 5.78. The SMILES string of the molecule is N=C(N)NCCCOc1ccc(CCCCNC(=N)NC(=O)c2cnc(N)c(Cl)n2)c2ccccc12. The lowest BCUT2D eigenvalue weighted by atomic mass is 9.99. The van der Waals surface area contributed by atoms with Crippen molar-refractivity contribution in [2.75, 3.05) is 25.4 Å². The second-order valence-electron chi connectivity index (χ2n) is 7.96. The van der Waals surface area contributed by atoms with Gasteiger partial charge >= 0.3 is 0 Å². The second-order valence-corrected chi connectivity index (χ2v) is 8.31. The Balaban J connectivity index is 1.44. The minimum Gasteiger partial charge on any atom is -0.493 e. The van der Waals surface area contributed by atoms with E-state index < -0.39 is 5.91 Å². The molecule has 9 N–H and O–H groups in total. The molecule has 12 heteroatoms. The number of nitrogens with two attached hydrogens (primary N) is 2. The molecule has 0 bridgehead atoms. The van der Waals surface area contributed by atoms with Gasteiger partial charge in [0.1, 0.15) is 11.4 Å². The van der Waals surface area contributed by atoms with Crippen LogP contribution in [0.1, 0.15) is 35.3 Å². The van der Waals surface area contributed by atoms with E-state index in [-0.39, 0.29) is 28.6 Å². The molecule has 2 aromatic carbocycles. The number of fused-ring (bicyclic) bond motifs is 1. The van der Waals surface area contributed by atoms with Gasteiger partial charge in [-0.1, -0.05) is 41.9 Å². The average molecular weight is 512 g/mol. The third-order valence-corrected chi connectivity index (χ3v) is 5.55. The Morgan fingerprint density at radius 3 is 2.53 bits per heavy atom. The summed E-state index contributed by atoms with van der Waals surface area (Å²) in [4.78, 5) is 19.8. The van der Waals surface area contributed by atoms with Crippen molar-refractivity contribution >= 4 is 46.0 Å². The number of rotatable bonds is 11. The summed E-state index contributed by atoms with van der Waals surface area (Å²) in [5.74, 6) is 0.108. The zero-order chi connectivity index (χ0) is 25.9. The monoisotopic (exact) mass is 511 g/mol. The third-order valence-electron chi connectivity index (χ3n) is 5.27. The summed E-state index contributed by atoms with van der Waals surface area (Å²) < 4.78 is 5.96. The van der Waals surface area contributed by atoms with Gasteiger partial charge in [0.05, 0.1) is 12.8 Å². The number of aromatic nitrogens is 2. The van der Waals surface area contributed by atoms with Crippen LogP contribution in [0.5, 0.6) is 5.75 Å². The number of hydrogen-bond donors (Lipinski definition) is 7. The molecule has 0 spiro atoms. The molecule has 0 unspecified atom stereocenters. The number of anilines is 1. The maximum absolute atomic E-state index is 12.1.